The first kappa shape index (κ1) is 25.7. The molecule has 9 heteroatoms. The van der Waals surface area contributed by atoms with Crippen molar-refractivity contribution in [3.05, 3.63) is 112 Å². The lowest BCUT2D eigenvalue weighted by Gasteiger charge is -2.37. The van der Waals surface area contributed by atoms with E-state index in [9.17, 15) is 22.8 Å². The molecule has 0 aromatic heterocycles. The van der Waals surface area contributed by atoms with Crippen molar-refractivity contribution in [2.45, 2.75) is 37.8 Å². The molecular weight excluding hydrogens is 521 g/mol. The Labute approximate surface area is 228 Å². The lowest BCUT2D eigenvalue weighted by molar-refractivity contribution is -0.137. The average molecular weight is 547 g/mol. The number of ether oxygens (including phenoxy) is 2. The van der Waals surface area contributed by atoms with E-state index in [2.05, 4.69) is 10.6 Å². The molecule has 2 heterocycles. The summed E-state index contributed by atoms with van der Waals surface area (Å²) in [5.41, 5.74) is 2.82. The highest BCUT2D eigenvalue weighted by atomic mass is 19.4. The summed E-state index contributed by atoms with van der Waals surface area (Å²) in [5, 5.41) is 5.92. The summed E-state index contributed by atoms with van der Waals surface area (Å²) < 4.78 is 50.9. The number of ketones is 1. The highest BCUT2D eigenvalue weighted by Gasteiger charge is 2.41. The molecule has 204 valence electrons. The van der Waals surface area contributed by atoms with Crippen molar-refractivity contribution >= 4 is 17.4 Å². The summed E-state index contributed by atoms with van der Waals surface area (Å²) in [7, 11) is 0. The number of carbonyl (C=O) groups is 2. The second-order valence-electron chi connectivity index (χ2n) is 10.1. The Bertz CT molecular complexity index is 1580. The SMILES string of the molecule is CC1=C(C(=O)Nc2cccc(C(F)(F)F)c2)[C@@H](c2ccc3c(c2)OCO3)C2=C(C[C@H](c3ccccc3)CC2=O)N1. The number of dihydropyridines is 1. The highest BCUT2D eigenvalue weighted by molar-refractivity contribution is 6.10. The van der Waals surface area contributed by atoms with Crippen LogP contribution < -0.4 is 20.1 Å². The van der Waals surface area contributed by atoms with Gasteiger partial charge < -0.3 is 20.1 Å². The zero-order valence-corrected chi connectivity index (χ0v) is 21.5. The minimum atomic E-state index is -4.55. The summed E-state index contributed by atoms with van der Waals surface area (Å²) in [6.07, 6.45) is -3.71. The van der Waals surface area contributed by atoms with E-state index in [0.29, 0.717) is 34.8 Å². The van der Waals surface area contributed by atoms with Crippen LogP contribution in [0.5, 0.6) is 11.5 Å². The van der Waals surface area contributed by atoms with E-state index >= 15 is 0 Å². The van der Waals surface area contributed by atoms with Crippen molar-refractivity contribution < 1.29 is 32.2 Å². The predicted molar refractivity (Wildman–Crippen MR) is 142 cm³/mol. The fraction of sp³-hybridized carbons (Fsp3) is 0.226. The third-order valence-electron chi connectivity index (χ3n) is 7.52. The number of benzene rings is 3. The van der Waals surface area contributed by atoms with Gasteiger partial charge in [-0.25, -0.2) is 0 Å². The molecule has 2 aliphatic heterocycles. The number of anilines is 1. The van der Waals surface area contributed by atoms with Crippen LogP contribution in [0.1, 0.15) is 48.3 Å². The molecular formula is C31H25F3N2O4. The summed E-state index contributed by atoms with van der Waals surface area (Å²) in [6, 6.07) is 19.5. The van der Waals surface area contributed by atoms with Gasteiger partial charge in [-0.05, 0) is 60.7 Å². The van der Waals surface area contributed by atoms with Gasteiger partial charge in [-0.1, -0.05) is 42.5 Å². The van der Waals surface area contributed by atoms with E-state index in [4.69, 9.17) is 9.47 Å². The fourth-order valence-electron chi connectivity index (χ4n) is 5.70. The summed E-state index contributed by atoms with van der Waals surface area (Å²) in [5.74, 6) is -0.411. The second-order valence-corrected chi connectivity index (χ2v) is 10.1. The Morgan fingerprint density at radius 3 is 2.48 bits per heavy atom. The van der Waals surface area contributed by atoms with Gasteiger partial charge in [-0.3, -0.25) is 9.59 Å². The number of fused-ring (bicyclic) bond motifs is 1. The van der Waals surface area contributed by atoms with Crippen molar-refractivity contribution in [2.24, 2.45) is 0 Å². The Balaban J connectivity index is 1.40. The normalized spacial score (nSPS) is 20.2. The van der Waals surface area contributed by atoms with Gasteiger partial charge in [-0.15, -0.1) is 0 Å². The van der Waals surface area contributed by atoms with Crippen molar-refractivity contribution in [1.29, 1.82) is 0 Å². The third kappa shape index (κ3) is 4.72. The lowest BCUT2D eigenvalue weighted by atomic mass is 9.71. The van der Waals surface area contributed by atoms with Crippen LogP contribution in [0.2, 0.25) is 0 Å². The van der Waals surface area contributed by atoms with Crippen LogP contribution in [0, 0.1) is 0 Å². The van der Waals surface area contributed by atoms with Crippen LogP contribution in [-0.2, 0) is 15.8 Å². The highest BCUT2D eigenvalue weighted by Crippen LogP contribution is 2.47. The quantitative estimate of drug-likeness (QED) is 0.394. The van der Waals surface area contributed by atoms with Gasteiger partial charge in [0, 0.05) is 40.6 Å². The molecule has 2 N–H and O–H groups in total. The molecule has 0 saturated heterocycles. The lowest BCUT2D eigenvalue weighted by Crippen LogP contribution is -2.37. The molecule has 3 aliphatic rings. The van der Waals surface area contributed by atoms with Crippen LogP contribution in [-0.4, -0.2) is 18.5 Å². The smallest absolute Gasteiger partial charge is 0.416 e. The number of alkyl halides is 3. The number of hydrogen-bond donors (Lipinski definition) is 2. The van der Waals surface area contributed by atoms with E-state index in [-0.39, 0.29) is 36.2 Å². The summed E-state index contributed by atoms with van der Waals surface area (Å²) in [4.78, 5) is 27.5. The van der Waals surface area contributed by atoms with Crippen molar-refractivity contribution in [3.63, 3.8) is 0 Å². The molecule has 0 saturated carbocycles. The fourth-order valence-corrected chi connectivity index (χ4v) is 5.70. The Morgan fingerprint density at radius 1 is 0.925 bits per heavy atom. The number of rotatable bonds is 4. The molecule has 0 spiro atoms. The summed E-state index contributed by atoms with van der Waals surface area (Å²) >= 11 is 0. The van der Waals surface area contributed by atoms with Gasteiger partial charge in [0.25, 0.3) is 5.91 Å². The van der Waals surface area contributed by atoms with Gasteiger partial charge in [0.2, 0.25) is 6.79 Å². The molecule has 1 amide bonds. The van der Waals surface area contributed by atoms with Gasteiger partial charge >= 0.3 is 6.18 Å². The molecule has 2 atom stereocenters. The van der Waals surface area contributed by atoms with E-state index in [0.717, 1.165) is 23.4 Å². The zero-order valence-electron chi connectivity index (χ0n) is 21.5. The van der Waals surface area contributed by atoms with Crippen LogP contribution in [0.15, 0.2) is 95.3 Å². The molecule has 1 aliphatic carbocycles. The van der Waals surface area contributed by atoms with E-state index < -0.39 is 23.6 Å². The van der Waals surface area contributed by atoms with Crippen molar-refractivity contribution in [3.8, 4) is 11.5 Å². The van der Waals surface area contributed by atoms with Gasteiger partial charge in [0.15, 0.2) is 17.3 Å². The molecule has 3 aromatic carbocycles. The van der Waals surface area contributed by atoms with E-state index in [1.165, 1.54) is 12.1 Å². The Hall–Kier alpha value is -4.53. The maximum Gasteiger partial charge on any atom is 0.416 e. The van der Waals surface area contributed by atoms with Crippen LogP contribution >= 0.6 is 0 Å². The largest absolute Gasteiger partial charge is 0.454 e. The molecule has 40 heavy (non-hydrogen) atoms. The van der Waals surface area contributed by atoms with Crippen LogP contribution in [0.25, 0.3) is 0 Å². The molecule has 6 rings (SSSR count). The number of amides is 1. The topological polar surface area (TPSA) is 76.7 Å². The van der Waals surface area contributed by atoms with Gasteiger partial charge in [0.1, 0.15) is 0 Å². The number of carbonyl (C=O) groups excluding carboxylic acids is 2. The standard InChI is InChI=1S/C31H25F3N2O4/c1-17-27(30(38)36-22-9-5-8-21(15-22)31(32,33)34)28(19-10-11-25-26(14-19)40-16-39-25)29-23(35-17)12-20(13-24(29)37)18-6-3-2-4-7-18/h2-11,14-15,20,28,35H,12-13,16H2,1H3,(H,36,38)/t20-,28+/m0/s1. The molecule has 6 nitrogen and oxygen atoms in total. The average Bonchev–Trinajstić information content (AvgIpc) is 3.40. The Morgan fingerprint density at radius 2 is 1.70 bits per heavy atom. The van der Waals surface area contributed by atoms with Crippen molar-refractivity contribution in [2.75, 3.05) is 12.1 Å². The van der Waals surface area contributed by atoms with E-state index in [1.807, 2.05) is 30.3 Å². The first-order valence-corrected chi connectivity index (χ1v) is 12.9. The molecule has 3 aromatic rings. The third-order valence-corrected chi connectivity index (χ3v) is 7.52. The van der Waals surface area contributed by atoms with E-state index in [1.54, 1.807) is 25.1 Å². The minimum absolute atomic E-state index is 0.00319. The maximum atomic E-state index is 13.8. The molecule has 0 radical (unpaired) electrons. The number of hydrogen-bond acceptors (Lipinski definition) is 5. The Kier molecular flexibility index (Phi) is 6.37. The van der Waals surface area contributed by atoms with Crippen LogP contribution in [0.4, 0.5) is 18.9 Å². The number of Topliss-reactive ketones (excluding diaryl/α,β-unsaturated/α-hetero) is 1. The first-order chi connectivity index (χ1) is 19.2. The minimum Gasteiger partial charge on any atom is -0.454 e. The number of nitrogens with one attached hydrogen (secondary N) is 2. The predicted octanol–water partition coefficient (Wildman–Crippen LogP) is 6.43. The zero-order chi connectivity index (χ0) is 28.0. The molecule has 0 bridgehead atoms. The van der Waals surface area contributed by atoms with Crippen LogP contribution in [0.3, 0.4) is 0 Å². The number of halogens is 3. The van der Waals surface area contributed by atoms with Gasteiger partial charge in [0.05, 0.1) is 5.56 Å². The molecule has 0 fully saturated rings. The monoisotopic (exact) mass is 546 g/mol. The molecule has 0 unspecified atom stereocenters. The van der Waals surface area contributed by atoms with Crippen molar-refractivity contribution in [1.82, 2.24) is 5.32 Å². The first-order valence-electron chi connectivity index (χ1n) is 12.9. The summed E-state index contributed by atoms with van der Waals surface area (Å²) in [6.45, 7) is 1.80. The number of allylic oxidation sites excluding steroid dienone is 3. The maximum absolute atomic E-state index is 13.8. The second kappa shape index (κ2) is 9.89. The van der Waals surface area contributed by atoms with Gasteiger partial charge in [-0.2, -0.15) is 13.2 Å².